The minimum absolute atomic E-state index is 0.0178. The van der Waals surface area contributed by atoms with Crippen molar-refractivity contribution in [3.63, 3.8) is 0 Å². The Hall–Kier alpha value is -2.97. The Morgan fingerprint density at radius 2 is 2.04 bits per heavy atom. The van der Waals surface area contributed by atoms with Crippen LogP contribution < -0.4 is 10.2 Å². The predicted octanol–water partition coefficient (Wildman–Crippen LogP) is 3.37. The molecule has 136 valence electrons. The van der Waals surface area contributed by atoms with Crippen LogP contribution in [-0.4, -0.2) is 41.1 Å². The standard InChI is InChI=1S/C19H17N5O2S/c1-26-12-24-14-10-13(15(25)11-23-17-4-2-3-7-20-17)5-6-16(14)27-19-18(24)21-8-9-22-19/h2-10H,11-12H2,1H3,(H,20,23). The summed E-state index contributed by atoms with van der Waals surface area (Å²) in [6.45, 7) is 0.493. The SMILES string of the molecule is COCN1c2cc(C(=O)CNc3ccccn3)ccc2Sc2nccnc21. The number of nitrogens with zero attached hydrogens (tertiary/aromatic N) is 4. The van der Waals surface area contributed by atoms with E-state index in [1.807, 2.05) is 41.3 Å². The molecule has 0 spiro atoms. The topological polar surface area (TPSA) is 80.2 Å². The quantitative estimate of drug-likeness (QED) is 0.653. The minimum atomic E-state index is -0.0178. The Bertz CT molecular complexity index is 967. The Kier molecular flexibility index (Phi) is 4.99. The van der Waals surface area contributed by atoms with Crippen LogP contribution in [0.4, 0.5) is 17.3 Å². The highest BCUT2D eigenvalue weighted by Gasteiger charge is 2.26. The van der Waals surface area contributed by atoms with E-state index < -0.39 is 0 Å². The maximum atomic E-state index is 12.6. The van der Waals surface area contributed by atoms with Crippen LogP contribution in [-0.2, 0) is 4.74 Å². The highest BCUT2D eigenvalue weighted by atomic mass is 32.2. The number of pyridine rings is 1. The van der Waals surface area contributed by atoms with Crippen molar-refractivity contribution in [2.45, 2.75) is 9.92 Å². The number of nitrogens with one attached hydrogen (secondary N) is 1. The number of hydrogen-bond acceptors (Lipinski definition) is 8. The fourth-order valence-electron chi connectivity index (χ4n) is 2.78. The van der Waals surface area contributed by atoms with Gasteiger partial charge in [0.05, 0.1) is 12.2 Å². The highest BCUT2D eigenvalue weighted by molar-refractivity contribution is 7.99. The average molecular weight is 379 g/mol. The van der Waals surface area contributed by atoms with E-state index >= 15 is 0 Å². The minimum Gasteiger partial charge on any atom is -0.364 e. The summed E-state index contributed by atoms with van der Waals surface area (Å²) < 4.78 is 5.34. The Morgan fingerprint density at radius 3 is 2.85 bits per heavy atom. The summed E-state index contributed by atoms with van der Waals surface area (Å²) in [5.74, 6) is 1.38. The summed E-state index contributed by atoms with van der Waals surface area (Å²) in [7, 11) is 1.63. The molecular formula is C19H17N5O2S. The molecule has 0 radical (unpaired) electrons. The van der Waals surface area contributed by atoms with E-state index in [2.05, 4.69) is 20.3 Å². The lowest BCUT2D eigenvalue weighted by Gasteiger charge is -2.30. The number of ether oxygens (including phenoxy) is 1. The normalized spacial score (nSPS) is 12.3. The van der Waals surface area contributed by atoms with Crippen molar-refractivity contribution >= 4 is 34.9 Å². The lowest BCUT2D eigenvalue weighted by atomic mass is 10.1. The van der Waals surface area contributed by atoms with Gasteiger partial charge in [0, 0.05) is 36.2 Å². The van der Waals surface area contributed by atoms with Crippen molar-refractivity contribution in [1.29, 1.82) is 0 Å². The van der Waals surface area contributed by atoms with Gasteiger partial charge in [-0.3, -0.25) is 9.69 Å². The van der Waals surface area contributed by atoms with Crippen LogP contribution in [0, 0.1) is 0 Å². The van der Waals surface area contributed by atoms with Gasteiger partial charge in [0.2, 0.25) is 0 Å². The molecule has 4 rings (SSSR count). The zero-order chi connectivity index (χ0) is 18.6. The number of rotatable bonds is 6. The summed E-state index contributed by atoms with van der Waals surface area (Å²) >= 11 is 1.53. The molecule has 0 unspecified atom stereocenters. The van der Waals surface area contributed by atoms with E-state index in [1.165, 1.54) is 11.8 Å². The number of Topliss-reactive ketones (excluding diaryl/α,β-unsaturated/α-hetero) is 1. The molecule has 0 aliphatic carbocycles. The van der Waals surface area contributed by atoms with E-state index in [9.17, 15) is 4.79 Å². The number of ketones is 1. The smallest absolute Gasteiger partial charge is 0.181 e. The van der Waals surface area contributed by atoms with Gasteiger partial charge in [-0.25, -0.2) is 15.0 Å². The third-order valence-corrected chi connectivity index (χ3v) is 5.08. The molecule has 1 aliphatic heterocycles. The summed E-state index contributed by atoms with van der Waals surface area (Å²) in [6.07, 6.45) is 5.01. The second kappa shape index (κ2) is 7.73. The molecule has 0 amide bonds. The predicted molar refractivity (Wildman–Crippen MR) is 104 cm³/mol. The second-order valence-corrected chi connectivity index (χ2v) is 6.84. The summed E-state index contributed by atoms with van der Waals surface area (Å²) in [6, 6.07) is 11.2. The van der Waals surface area contributed by atoms with Gasteiger partial charge in [0.15, 0.2) is 11.6 Å². The van der Waals surface area contributed by atoms with Gasteiger partial charge in [-0.05, 0) is 24.3 Å². The van der Waals surface area contributed by atoms with Crippen molar-refractivity contribution in [2.75, 3.05) is 30.6 Å². The molecule has 1 aliphatic rings. The first-order valence-corrected chi connectivity index (χ1v) is 9.15. The highest BCUT2D eigenvalue weighted by Crippen LogP contribution is 2.46. The number of carbonyl (C=O) groups is 1. The second-order valence-electron chi connectivity index (χ2n) is 5.81. The van der Waals surface area contributed by atoms with E-state index in [-0.39, 0.29) is 12.3 Å². The van der Waals surface area contributed by atoms with Crippen LogP contribution in [0.15, 0.2) is 64.9 Å². The monoisotopic (exact) mass is 379 g/mol. The van der Waals surface area contributed by atoms with E-state index in [0.717, 1.165) is 21.4 Å². The molecule has 2 aromatic heterocycles. The number of hydrogen-bond donors (Lipinski definition) is 1. The van der Waals surface area contributed by atoms with E-state index in [4.69, 9.17) is 4.74 Å². The number of carbonyl (C=O) groups excluding carboxylic acids is 1. The van der Waals surface area contributed by atoms with Crippen LogP contribution in [0.25, 0.3) is 0 Å². The number of anilines is 3. The third-order valence-electron chi connectivity index (χ3n) is 4.03. The number of fused-ring (bicyclic) bond motifs is 2. The Morgan fingerprint density at radius 1 is 1.15 bits per heavy atom. The first-order chi connectivity index (χ1) is 13.3. The summed E-state index contributed by atoms with van der Waals surface area (Å²) in [5, 5.41) is 3.87. The number of aromatic nitrogens is 3. The lowest BCUT2D eigenvalue weighted by Crippen LogP contribution is -2.25. The van der Waals surface area contributed by atoms with Crippen LogP contribution in [0.5, 0.6) is 0 Å². The van der Waals surface area contributed by atoms with Gasteiger partial charge in [0.1, 0.15) is 17.6 Å². The van der Waals surface area contributed by atoms with Crippen molar-refractivity contribution in [2.24, 2.45) is 0 Å². The Balaban J connectivity index is 1.59. The van der Waals surface area contributed by atoms with Gasteiger partial charge < -0.3 is 10.1 Å². The molecule has 0 fully saturated rings. The van der Waals surface area contributed by atoms with Crippen LogP contribution >= 0.6 is 11.8 Å². The molecule has 1 N–H and O–H groups in total. The van der Waals surface area contributed by atoms with Crippen molar-refractivity contribution < 1.29 is 9.53 Å². The molecule has 8 heteroatoms. The maximum Gasteiger partial charge on any atom is 0.181 e. The summed E-state index contributed by atoms with van der Waals surface area (Å²) in [5.41, 5.74) is 1.50. The maximum absolute atomic E-state index is 12.6. The van der Waals surface area contributed by atoms with Gasteiger partial charge in [-0.2, -0.15) is 0 Å². The van der Waals surface area contributed by atoms with Crippen molar-refractivity contribution in [3.05, 3.63) is 60.6 Å². The fourth-order valence-corrected chi connectivity index (χ4v) is 3.77. The lowest BCUT2D eigenvalue weighted by molar-refractivity contribution is 0.101. The average Bonchev–Trinajstić information content (AvgIpc) is 2.72. The van der Waals surface area contributed by atoms with Gasteiger partial charge >= 0.3 is 0 Å². The van der Waals surface area contributed by atoms with Crippen LogP contribution in [0.1, 0.15) is 10.4 Å². The fraction of sp³-hybridized carbons (Fsp3) is 0.158. The van der Waals surface area contributed by atoms with E-state index in [0.29, 0.717) is 18.1 Å². The molecule has 0 bridgehead atoms. The van der Waals surface area contributed by atoms with Gasteiger partial charge in [0.25, 0.3) is 0 Å². The molecule has 0 saturated carbocycles. The van der Waals surface area contributed by atoms with Gasteiger partial charge in [-0.1, -0.05) is 23.9 Å². The molecule has 1 aromatic carbocycles. The van der Waals surface area contributed by atoms with E-state index in [1.54, 1.807) is 25.7 Å². The molecule has 0 atom stereocenters. The first kappa shape index (κ1) is 17.4. The van der Waals surface area contributed by atoms with Crippen LogP contribution in [0.2, 0.25) is 0 Å². The molecule has 7 nitrogen and oxygen atoms in total. The largest absolute Gasteiger partial charge is 0.364 e. The molecule has 3 aromatic rings. The van der Waals surface area contributed by atoms with Gasteiger partial charge in [-0.15, -0.1) is 0 Å². The molecular weight excluding hydrogens is 362 g/mol. The first-order valence-electron chi connectivity index (χ1n) is 8.34. The Labute approximate surface area is 160 Å². The third kappa shape index (κ3) is 3.62. The molecule has 27 heavy (non-hydrogen) atoms. The summed E-state index contributed by atoms with van der Waals surface area (Å²) in [4.78, 5) is 28.6. The molecule has 0 saturated heterocycles. The zero-order valence-electron chi connectivity index (χ0n) is 14.6. The zero-order valence-corrected chi connectivity index (χ0v) is 15.4. The van der Waals surface area contributed by atoms with Crippen molar-refractivity contribution in [1.82, 2.24) is 15.0 Å². The molecule has 3 heterocycles. The number of benzene rings is 1. The number of methoxy groups -OCH3 is 1. The van der Waals surface area contributed by atoms with Crippen LogP contribution in [0.3, 0.4) is 0 Å². The van der Waals surface area contributed by atoms with Crippen molar-refractivity contribution in [3.8, 4) is 0 Å².